The van der Waals surface area contributed by atoms with Gasteiger partial charge in [-0.15, -0.1) is 0 Å². The van der Waals surface area contributed by atoms with Crippen LogP contribution in [-0.4, -0.2) is 58.4 Å². The Hall–Kier alpha value is -2.19. The predicted molar refractivity (Wildman–Crippen MR) is 104 cm³/mol. The van der Waals surface area contributed by atoms with E-state index in [4.69, 9.17) is 5.73 Å². The first-order chi connectivity index (χ1) is 12.7. The van der Waals surface area contributed by atoms with Gasteiger partial charge >= 0.3 is 0 Å². The van der Waals surface area contributed by atoms with Crippen LogP contribution < -0.4 is 5.73 Å². The molecule has 1 aromatic heterocycles. The SMILES string of the molecule is CC1(C)CN(C(=O)[C@@H](N)Cc2cn(Cc3ccccc3)cn2)CCS1(=O)=O. The van der Waals surface area contributed by atoms with Crippen LogP contribution in [0.15, 0.2) is 42.9 Å². The first kappa shape index (κ1) is 19.6. The lowest BCUT2D eigenvalue weighted by Gasteiger charge is -2.38. The highest BCUT2D eigenvalue weighted by Gasteiger charge is 2.42. The number of imidazole rings is 1. The van der Waals surface area contributed by atoms with Gasteiger partial charge in [-0.3, -0.25) is 4.79 Å². The van der Waals surface area contributed by atoms with Crippen molar-refractivity contribution in [1.29, 1.82) is 0 Å². The Labute approximate surface area is 160 Å². The van der Waals surface area contributed by atoms with E-state index in [0.717, 1.165) is 5.69 Å². The third-order valence-corrected chi connectivity index (χ3v) is 7.53. The monoisotopic (exact) mass is 390 g/mol. The summed E-state index contributed by atoms with van der Waals surface area (Å²) in [5.41, 5.74) is 8.02. The van der Waals surface area contributed by atoms with E-state index in [1.165, 1.54) is 5.56 Å². The van der Waals surface area contributed by atoms with Crippen LogP contribution in [0, 0.1) is 0 Å². The molecule has 1 aliphatic rings. The largest absolute Gasteiger partial charge is 0.339 e. The Kier molecular flexibility index (Phi) is 5.39. The average Bonchev–Trinajstić information content (AvgIpc) is 3.04. The lowest BCUT2D eigenvalue weighted by molar-refractivity contribution is -0.132. The number of hydrogen-bond donors (Lipinski definition) is 1. The Balaban J connectivity index is 1.60. The zero-order valence-corrected chi connectivity index (χ0v) is 16.5. The molecule has 0 unspecified atom stereocenters. The van der Waals surface area contributed by atoms with Crippen molar-refractivity contribution in [1.82, 2.24) is 14.5 Å². The zero-order chi connectivity index (χ0) is 19.7. The Morgan fingerprint density at radius 3 is 2.67 bits per heavy atom. The van der Waals surface area contributed by atoms with Crippen molar-refractivity contribution in [2.75, 3.05) is 18.8 Å². The Morgan fingerprint density at radius 2 is 2.00 bits per heavy atom. The number of amides is 1. The number of benzene rings is 1. The maximum absolute atomic E-state index is 12.7. The summed E-state index contributed by atoms with van der Waals surface area (Å²) in [7, 11) is -3.19. The topological polar surface area (TPSA) is 98.3 Å². The van der Waals surface area contributed by atoms with Gasteiger partial charge in [-0.05, 0) is 19.4 Å². The normalized spacial score (nSPS) is 19.6. The molecule has 0 spiro atoms. The fourth-order valence-corrected chi connectivity index (χ4v) is 4.64. The van der Waals surface area contributed by atoms with Crippen LogP contribution in [0.3, 0.4) is 0 Å². The minimum atomic E-state index is -3.19. The number of hydrogen-bond acceptors (Lipinski definition) is 5. The molecule has 8 heteroatoms. The molecule has 1 saturated heterocycles. The van der Waals surface area contributed by atoms with Crippen LogP contribution in [0.5, 0.6) is 0 Å². The van der Waals surface area contributed by atoms with Gasteiger partial charge in [-0.25, -0.2) is 13.4 Å². The molecule has 0 bridgehead atoms. The molecule has 2 N–H and O–H groups in total. The van der Waals surface area contributed by atoms with E-state index in [1.807, 2.05) is 41.1 Å². The summed E-state index contributed by atoms with van der Waals surface area (Å²) in [4.78, 5) is 18.6. The molecule has 0 aliphatic carbocycles. The molecular weight excluding hydrogens is 364 g/mol. The number of carbonyl (C=O) groups excluding carboxylic acids is 1. The summed E-state index contributed by atoms with van der Waals surface area (Å²) >= 11 is 0. The minimum Gasteiger partial charge on any atom is -0.339 e. The van der Waals surface area contributed by atoms with Crippen molar-refractivity contribution in [3.8, 4) is 0 Å². The Bertz CT molecular complexity index is 906. The van der Waals surface area contributed by atoms with Gasteiger partial charge in [0.1, 0.15) is 0 Å². The number of carbonyl (C=O) groups is 1. The fourth-order valence-electron chi connectivity index (χ4n) is 3.27. The van der Waals surface area contributed by atoms with Crippen molar-refractivity contribution in [2.24, 2.45) is 5.73 Å². The van der Waals surface area contributed by atoms with Gasteiger partial charge in [0.15, 0.2) is 9.84 Å². The molecular formula is C19H26N4O3S. The molecule has 146 valence electrons. The molecule has 1 atom stereocenters. The van der Waals surface area contributed by atoms with Crippen molar-refractivity contribution < 1.29 is 13.2 Å². The summed E-state index contributed by atoms with van der Waals surface area (Å²) in [5, 5.41) is 0. The van der Waals surface area contributed by atoms with Crippen molar-refractivity contribution in [2.45, 2.75) is 37.6 Å². The summed E-state index contributed by atoms with van der Waals surface area (Å²) < 4.78 is 25.2. The highest BCUT2D eigenvalue weighted by molar-refractivity contribution is 7.92. The van der Waals surface area contributed by atoms with E-state index >= 15 is 0 Å². The standard InChI is InChI=1S/C19H26N4O3S/c1-19(2)13-23(8-9-27(19,25)26)18(24)17(20)10-16-12-22(14-21-16)11-15-6-4-3-5-7-15/h3-7,12,14,17H,8-11,13,20H2,1-2H3/t17-/m0/s1. The summed E-state index contributed by atoms with van der Waals surface area (Å²) in [6, 6.07) is 9.30. The average molecular weight is 391 g/mol. The van der Waals surface area contributed by atoms with Crippen LogP contribution in [0.2, 0.25) is 0 Å². The van der Waals surface area contributed by atoms with Crippen LogP contribution in [-0.2, 0) is 27.6 Å². The van der Waals surface area contributed by atoms with Gasteiger partial charge in [0.25, 0.3) is 0 Å². The summed E-state index contributed by atoms with van der Waals surface area (Å²) in [6.07, 6.45) is 3.95. The predicted octanol–water partition coefficient (Wildman–Crippen LogP) is 0.837. The highest BCUT2D eigenvalue weighted by atomic mass is 32.2. The third kappa shape index (κ3) is 4.39. The highest BCUT2D eigenvalue weighted by Crippen LogP contribution is 2.24. The van der Waals surface area contributed by atoms with E-state index in [1.54, 1.807) is 25.1 Å². The van der Waals surface area contributed by atoms with E-state index in [0.29, 0.717) is 13.0 Å². The van der Waals surface area contributed by atoms with E-state index in [-0.39, 0.29) is 24.7 Å². The van der Waals surface area contributed by atoms with Gasteiger partial charge in [-0.2, -0.15) is 0 Å². The molecule has 2 aromatic rings. The van der Waals surface area contributed by atoms with E-state index in [2.05, 4.69) is 4.98 Å². The van der Waals surface area contributed by atoms with Crippen LogP contribution >= 0.6 is 0 Å². The molecule has 1 amide bonds. The van der Waals surface area contributed by atoms with Crippen molar-refractivity contribution >= 4 is 15.7 Å². The maximum atomic E-state index is 12.7. The van der Waals surface area contributed by atoms with Gasteiger partial charge in [0, 0.05) is 32.3 Å². The van der Waals surface area contributed by atoms with E-state index in [9.17, 15) is 13.2 Å². The molecule has 1 aromatic carbocycles. The van der Waals surface area contributed by atoms with Crippen LogP contribution in [0.4, 0.5) is 0 Å². The fraction of sp³-hybridized carbons (Fsp3) is 0.474. The number of rotatable bonds is 5. The summed E-state index contributed by atoms with van der Waals surface area (Å²) in [5.74, 6) is -0.250. The maximum Gasteiger partial charge on any atom is 0.239 e. The minimum absolute atomic E-state index is 0.0236. The van der Waals surface area contributed by atoms with E-state index < -0.39 is 20.6 Å². The summed E-state index contributed by atoms with van der Waals surface area (Å²) in [6.45, 7) is 4.37. The number of nitrogens with zero attached hydrogens (tertiary/aromatic N) is 3. The first-order valence-electron chi connectivity index (χ1n) is 8.99. The van der Waals surface area contributed by atoms with Crippen molar-refractivity contribution in [3.63, 3.8) is 0 Å². The molecule has 2 heterocycles. The second kappa shape index (κ2) is 7.44. The molecule has 27 heavy (non-hydrogen) atoms. The second-order valence-electron chi connectivity index (χ2n) is 7.67. The van der Waals surface area contributed by atoms with Gasteiger partial charge in [0.05, 0.1) is 28.6 Å². The molecule has 1 fully saturated rings. The van der Waals surface area contributed by atoms with Gasteiger partial charge in [-0.1, -0.05) is 30.3 Å². The number of nitrogens with two attached hydrogens (primary N) is 1. The van der Waals surface area contributed by atoms with Gasteiger partial charge < -0.3 is 15.2 Å². The molecule has 0 radical (unpaired) electrons. The second-order valence-corrected chi connectivity index (χ2v) is 10.4. The van der Waals surface area contributed by atoms with Gasteiger partial charge in [0.2, 0.25) is 5.91 Å². The Morgan fingerprint density at radius 1 is 1.30 bits per heavy atom. The number of sulfone groups is 1. The molecule has 3 rings (SSSR count). The lowest BCUT2D eigenvalue weighted by atomic mass is 10.1. The van der Waals surface area contributed by atoms with Crippen LogP contribution in [0.1, 0.15) is 25.1 Å². The molecule has 0 saturated carbocycles. The van der Waals surface area contributed by atoms with Crippen LogP contribution in [0.25, 0.3) is 0 Å². The van der Waals surface area contributed by atoms with Crippen molar-refractivity contribution in [3.05, 3.63) is 54.1 Å². The number of aromatic nitrogens is 2. The third-order valence-electron chi connectivity index (χ3n) is 5.00. The molecule has 1 aliphatic heterocycles. The first-order valence-corrected chi connectivity index (χ1v) is 10.6. The smallest absolute Gasteiger partial charge is 0.239 e. The zero-order valence-electron chi connectivity index (χ0n) is 15.7. The molecule has 7 nitrogen and oxygen atoms in total. The quantitative estimate of drug-likeness (QED) is 0.816. The lowest BCUT2D eigenvalue weighted by Crippen LogP contribution is -2.57.